The van der Waals surface area contributed by atoms with E-state index in [1.807, 2.05) is 6.08 Å². The van der Waals surface area contributed by atoms with Gasteiger partial charge in [-0.1, -0.05) is 141 Å². The monoisotopic (exact) mass is 537 g/mol. The number of allylic oxidation sites excluding steroid dienone is 3. The number of aliphatic hydroxyl groups excluding tert-OH is 3. The fourth-order valence-electron chi connectivity index (χ4n) is 4.71. The summed E-state index contributed by atoms with van der Waals surface area (Å²) in [5.41, 5.74) is 0. The Balaban J connectivity index is 3.85. The summed E-state index contributed by atoms with van der Waals surface area (Å²) in [4.78, 5) is 12.3. The Kier molecular flexibility index (Phi) is 27.9. The second-order valence-electron chi connectivity index (χ2n) is 11.1. The highest BCUT2D eigenvalue weighted by Gasteiger charge is 2.20. The third-order valence-electron chi connectivity index (χ3n) is 7.24. The maximum absolute atomic E-state index is 12.3. The van der Waals surface area contributed by atoms with Crippen molar-refractivity contribution in [3.05, 3.63) is 24.3 Å². The number of hydrogen-bond donors (Lipinski definition) is 4. The highest BCUT2D eigenvalue weighted by molar-refractivity contribution is 5.76. The van der Waals surface area contributed by atoms with Crippen LogP contribution in [0.2, 0.25) is 0 Å². The molecule has 0 spiro atoms. The van der Waals surface area contributed by atoms with Crippen LogP contribution < -0.4 is 5.32 Å². The maximum atomic E-state index is 12.3. The SMILES string of the molecule is CCCCCCCC/C=C/CC/C=C/C(O)C(CO)NC(=O)CC(O)CCCCCCCCCCCCC. The van der Waals surface area contributed by atoms with Crippen LogP contribution in [0.5, 0.6) is 0 Å². The molecule has 0 bridgehead atoms. The number of carbonyl (C=O) groups is 1. The van der Waals surface area contributed by atoms with Crippen molar-refractivity contribution in [2.45, 2.75) is 173 Å². The first-order chi connectivity index (χ1) is 18.5. The molecule has 0 fully saturated rings. The molecule has 0 aliphatic carbocycles. The van der Waals surface area contributed by atoms with Crippen molar-refractivity contribution in [1.82, 2.24) is 5.32 Å². The van der Waals surface area contributed by atoms with Crippen molar-refractivity contribution in [3.63, 3.8) is 0 Å². The molecule has 0 radical (unpaired) electrons. The van der Waals surface area contributed by atoms with Crippen molar-refractivity contribution < 1.29 is 20.1 Å². The molecule has 0 aromatic carbocycles. The molecule has 0 aromatic rings. The maximum Gasteiger partial charge on any atom is 0.222 e. The van der Waals surface area contributed by atoms with Crippen molar-refractivity contribution in [2.24, 2.45) is 0 Å². The number of unbranched alkanes of at least 4 members (excludes halogenated alkanes) is 17. The van der Waals surface area contributed by atoms with Crippen LogP contribution in [0.25, 0.3) is 0 Å². The summed E-state index contributed by atoms with van der Waals surface area (Å²) in [6.45, 7) is 4.14. The van der Waals surface area contributed by atoms with E-state index in [1.54, 1.807) is 6.08 Å². The second kappa shape index (κ2) is 28.8. The Morgan fingerprint density at radius 1 is 0.658 bits per heavy atom. The van der Waals surface area contributed by atoms with E-state index < -0.39 is 18.2 Å². The van der Waals surface area contributed by atoms with Gasteiger partial charge in [-0.15, -0.1) is 0 Å². The number of nitrogens with one attached hydrogen (secondary N) is 1. The minimum absolute atomic E-state index is 0.00803. The summed E-state index contributed by atoms with van der Waals surface area (Å²) in [5, 5.41) is 32.8. The van der Waals surface area contributed by atoms with Crippen LogP contribution in [0.1, 0.15) is 155 Å². The molecule has 0 aliphatic heterocycles. The third-order valence-corrected chi connectivity index (χ3v) is 7.24. The molecule has 0 saturated carbocycles. The van der Waals surface area contributed by atoms with Gasteiger partial charge in [0.2, 0.25) is 5.91 Å². The first-order valence-corrected chi connectivity index (χ1v) is 16.1. The second-order valence-corrected chi connectivity index (χ2v) is 11.1. The van der Waals surface area contributed by atoms with Crippen molar-refractivity contribution in [3.8, 4) is 0 Å². The molecule has 0 heterocycles. The van der Waals surface area contributed by atoms with Crippen LogP contribution in [0, 0.1) is 0 Å². The first kappa shape index (κ1) is 36.8. The van der Waals surface area contributed by atoms with Crippen LogP contribution >= 0.6 is 0 Å². The molecule has 0 rings (SSSR count). The normalized spacial score (nSPS) is 14.3. The highest BCUT2D eigenvalue weighted by atomic mass is 16.3. The highest BCUT2D eigenvalue weighted by Crippen LogP contribution is 2.13. The molecular formula is C33H63NO4. The zero-order valence-corrected chi connectivity index (χ0v) is 25.1. The lowest BCUT2D eigenvalue weighted by molar-refractivity contribution is -0.124. The van der Waals surface area contributed by atoms with E-state index in [9.17, 15) is 20.1 Å². The molecule has 5 heteroatoms. The summed E-state index contributed by atoms with van der Waals surface area (Å²) in [6, 6.07) is -0.754. The Labute approximate surface area is 235 Å². The minimum Gasteiger partial charge on any atom is -0.394 e. The van der Waals surface area contributed by atoms with Gasteiger partial charge in [-0.05, 0) is 32.1 Å². The molecule has 3 atom stereocenters. The third kappa shape index (κ3) is 25.1. The number of rotatable bonds is 28. The van der Waals surface area contributed by atoms with Crippen LogP contribution in [-0.4, -0.2) is 46.1 Å². The molecule has 5 nitrogen and oxygen atoms in total. The van der Waals surface area contributed by atoms with E-state index in [-0.39, 0.29) is 18.9 Å². The van der Waals surface area contributed by atoms with E-state index >= 15 is 0 Å². The molecular weight excluding hydrogens is 474 g/mol. The van der Waals surface area contributed by atoms with Crippen LogP contribution in [-0.2, 0) is 4.79 Å². The largest absolute Gasteiger partial charge is 0.394 e. The number of amides is 1. The predicted molar refractivity (Wildman–Crippen MR) is 162 cm³/mol. The van der Waals surface area contributed by atoms with Gasteiger partial charge in [-0.2, -0.15) is 0 Å². The van der Waals surface area contributed by atoms with E-state index in [1.165, 1.54) is 96.3 Å². The van der Waals surface area contributed by atoms with Gasteiger partial charge in [0.1, 0.15) is 0 Å². The Morgan fingerprint density at radius 2 is 1.13 bits per heavy atom. The summed E-state index contributed by atoms with van der Waals surface area (Å²) in [7, 11) is 0. The summed E-state index contributed by atoms with van der Waals surface area (Å²) in [5.74, 6) is -0.329. The number of aliphatic hydroxyl groups is 3. The Bertz CT molecular complexity index is 563. The van der Waals surface area contributed by atoms with E-state index in [0.717, 1.165) is 32.1 Å². The lowest BCUT2D eigenvalue weighted by atomic mass is 10.0. The molecule has 1 amide bonds. The van der Waals surface area contributed by atoms with Crippen molar-refractivity contribution >= 4 is 5.91 Å². The number of carbonyl (C=O) groups excluding carboxylic acids is 1. The van der Waals surface area contributed by atoms with Crippen LogP contribution in [0.3, 0.4) is 0 Å². The topological polar surface area (TPSA) is 89.8 Å². The molecule has 3 unspecified atom stereocenters. The van der Waals surface area contributed by atoms with Crippen LogP contribution in [0.4, 0.5) is 0 Å². The molecule has 38 heavy (non-hydrogen) atoms. The van der Waals surface area contributed by atoms with Gasteiger partial charge in [0, 0.05) is 0 Å². The van der Waals surface area contributed by atoms with Crippen LogP contribution in [0.15, 0.2) is 24.3 Å². The van der Waals surface area contributed by atoms with Gasteiger partial charge < -0.3 is 20.6 Å². The van der Waals surface area contributed by atoms with E-state index in [2.05, 4.69) is 31.3 Å². The molecule has 4 N–H and O–H groups in total. The first-order valence-electron chi connectivity index (χ1n) is 16.1. The van der Waals surface area contributed by atoms with Gasteiger partial charge in [0.15, 0.2) is 0 Å². The van der Waals surface area contributed by atoms with Gasteiger partial charge in [-0.25, -0.2) is 0 Å². The molecule has 0 aliphatic rings. The number of hydrogen-bond acceptors (Lipinski definition) is 4. The minimum atomic E-state index is -0.945. The lowest BCUT2D eigenvalue weighted by Crippen LogP contribution is -2.45. The lowest BCUT2D eigenvalue weighted by Gasteiger charge is -2.21. The predicted octanol–water partition coefficient (Wildman–Crippen LogP) is 7.92. The summed E-state index contributed by atoms with van der Waals surface area (Å²) in [6.07, 6.45) is 31.5. The summed E-state index contributed by atoms with van der Waals surface area (Å²) < 4.78 is 0. The van der Waals surface area contributed by atoms with Gasteiger partial charge >= 0.3 is 0 Å². The standard InChI is InChI=1S/C33H63NO4/c1-3-5-7-9-11-13-15-17-19-21-23-25-27-32(37)31(29-35)34-33(38)28-30(36)26-24-22-20-18-16-14-12-10-8-6-4-2/h17,19,25,27,30-32,35-37H,3-16,18,20-24,26,28-29H2,1-2H3,(H,34,38)/b19-17+,27-25+. The Hall–Kier alpha value is -1.17. The Morgan fingerprint density at radius 3 is 1.68 bits per heavy atom. The molecule has 224 valence electrons. The van der Waals surface area contributed by atoms with Gasteiger partial charge in [0.05, 0.1) is 31.3 Å². The van der Waals surface area contributed by atoms with Gasteiger partial charge in [-0.3, -0.25) is 4.79 Å². The fourth-order valence-corrected chi connectivity index (χ4v) is 4.71. The zero-order valence-electron chi connectivity index (χ0n) is 25.1. The average molecular weight is 538 g/mol. The van der Waals surface area contributed by atoms with Gasteiger partial charge in [0.25, 0.3) is 0 Å². The van der Waals surface area contributed by atoms with E-state index in [0.29, 0.717) is 6.42 Å². The van der Waals surface area contributed by atoms with Crippen molar-refractivity contribution in [1.29, 1.82) is 0 Å². The molecule has 0 saturated heterocycles. The zero-order chi connectivity index (χ0) is 28.1. The molecule has 0 aromatic heterocycles. The average Bonchev–Trinajstić information content (AvgIpc) is 2.90. The summed E-state index contributed by atoms with van der Waals surface area (Å²) >= 11 is 0. The van der Waals surface area contributed by atoms with Crippen molar-refractivity contribution in [2.75, 3.05) is 6.61 Å². The van der Waals surface area contributed by atoms with E-state index in [4.69, 9.17) is 0 Å². The quantitative estimate of drug-likeness (QED) is 0.0603. The fraction of sp³-hybridized carbons (Fsp3) is 0.848. The smallest absolute Gasteiger partial charge is 0.222 e.